The van der Waals surface area contributed by atoms with Gasteiger partial charge in [0.05, 0.1) is 18.8 Å². The van der Waals surface area contributed by atoms with Gasteiger partial charge in [0.2, 0.25) is 5.91 Å². The summed E-state index contributed by atoms with van der Waals surface area (Å²) in [7, 11) is 1.27. The van der Waals surface area contributed by atoms with Crippen molar-refractivity contribution < 1.29 is 14.3 Å². The Bertz CT molecular complexity index is 893. The van der Waals surface area contributed by atoms with Gasteiger partial charge in [-0.1, -0.05) is 23.8 Å². The number of ether oxygens (including phenoxy) is 1. The molecule has 2 amide bonds. The summed E-state index contributed by atoms with van der Waals surface area (Å²) < 4.78 is 4.60. The molecule has 0 radical (unpaired) electrons. The van der Waals surface area contributed by atoms with Crippen molar-refractivity contribution in [3.63, 3.8) is 0 Å². The standard InChI is InChI=1S/C18H20ClN5O3/c1-27-18(26)21-10-7-8-11-13(9-10)22-14(25)6-4-2-3-5-12(20)17-23-15(11)16(19)24-17/h2-3,7-9,12H,4-6,20H2,1H3,(H,21,26)(H,22,25)(H,23,24). The highest BCUT2D eigenvalue weighted by molar-refractivity contribution is 6.32. The predicted molar refractivity (Wildman–Crippen MR) is 104 cm³/mol. The van der Waals surface area contributed by atoms with E-state index in [-0.39, 0.29) is 11.9 Å². The number of halogens is 1. The summed E-state index contributed by atoms with van der Waals surface area (Å²) in [5.74, 6) is 0.402. The van der Waals surface area contributed by atoms with Gasteiger partial charge in [0, 0.05) is 17.7 Å². The number of rotatable bonds is 1. The zero-order valence-corrected chi connectivity index (χ0v) is 15.5. The zero-order valence-electron chi connectivity index (χ0n) is 14.7. The number of H-pyrrole nitrogens is 1. The number of fused-ring (bicyclic) bond motifs is 4. The van der Waals surface area contributed by atoms with Crippen molar-refractivity contribution in [2.45, 2.75) is 25.3 Å². The zero-order chi connectivity index (χ0) is 19.4. The maximum absolute atomic E-state index is 12.3. The van der Waals surface area contributed by atoms with Crippen LogP contribution in [0.25, 0.3) is 11.3 Å². The highest BCUT2D eigenvalue weighted by Gasteiger charge is 2.19. The molecule has 8 nitrogen and oxygen atoms in total. The molecule has 0 spiro atoms. The molecule has 0 aliphatic carbocycles. The van der Waals surface area contributed by atoms with Crippen LogP contribution in [0.5, 0.6) is 0 Å². The fourth-order valence-corrected chi connectivity index (χ4v) is 2.96. The second-order valence-corrected chi connectivity index (χ2v) is 6.44. The third kappa shape index (κ3) is 4.47. The molecule has 142 valence electrons. The van der Waals surface area contributed by atoms with Crippen molar-refractivity contribution >= 4 is 35.0 Å². The maximum atomic E-state index is 12.3. The molecule has 1 aliphatic rings. The number of hydrogen-bond acceptors (Lipinski definition) is 5. The Morgan fingerprint density at radius 2 is 2.22 bits per heavy atom. The second-order valence-electron chi connectivity index (χ2n) is 6.06. The average molecular weight is 390 g/mol. The second kappa shape index (κ2) is 8.24. The lowest BCUT2D eigenvalue weighted by Gasteiger charge is -2.12. The van der Waals surface area contributed by atoms with Gasteiger partial charge in [-0.3, -0.25) is 10.1 Å². The van der Waals surface area contributed by atoms with E-state index < -0.39 is 6.09 Å². The maximum Gasteiger partial charge on any atom is 0.411 e. The first-order valence-electron chi connectivity index (χ1n) is 8.43. The number of amides is 2. The number of aromatic amines is 1. The molecule has 2 aromatic rings. The van der Waals surface area contributed by atoms with E-state index in [0.29, 0.717) is 52.9 Å². The highest BCUT2D eigenvalue weighted by Crippen LogP contribution is 2.35. The number of nitrogens with two attached hydrogens (primary N) is 1. The number of aromatic nitrogens is 2. The molecule has 0 saturated heterocycles. The third-order valence-corrected chi connectivity index (χ3v) is 4.38. The summed E-state index contributed by atoms with van der Waals surface area (Å²) >= 11 is 6.33. The summed E-state index contributed by atoms with van der Waals surface area (Å²) in [6, 6.07) is 4.69. The van der Waals surface area contributed by atoms with E-state index in [1.165, 1.54) is 7.11 Å². The number of benzene rings is 1. The van der Waals surface area contributed by atoms with Gasteiger partial charge < -0.3 is 20.8 Å². The van der Waals surface area contributed by atoms with Gasteiger partial charge in [-0.05, 0) is 31.0 Å². The molecule has 1 aliphatic heterocycles. The van der Waals surface area contributed by atoms with Gasteiger partial charge in [-0.2, -0.15) is 0 Å². The Morgan fingerprint density at radius 3 is 3.00 bits per heavy atom. The number of nitrogens with zero attached hydrogens (tertiary/aromatic N) is 1. The predicted octanol–water partition coefficient (Wildman–Crippen LogP) is 3.59. The molecule has 9 heteroatoms. The van der Waals surface area contributed by atoms with Crippen LogP contribution in [0.3, 0.4) is 0 Å². The van der Waals surface area contributed by atoms with Crippen LogP contribution >= 0.6 is 11.6 Å². The smallest absolute Gasteiger partial charge is 0.411 e. The Morgan fingerprint density at radius 1 is 1.41 bits per heavy atom. The Balaban J connectivity index is 2.06. The minimum Gasteiger partial charge on any atom is -0.453 e. The van der Waals surface area contributed by atoms with E-state index >= 15 is 0 Å². The fourth-order valence-electron chi connectivity index (χ4n) is 2.72. The van der Waals surface area contributed by atoms with Crippen molar-refractivity contribution in [2.24, 2.45) is 5.73 Å². The third-order valence-electron chi connectivity index (χ3n) is 4.10. The van der Waals surface area contributed by atoms with E-state index in [0.717, 1.165) is 0 Å². The van der Waals surface area contributed by atoms with Crippen molar-refractivity contribution in [1.82, 2.24) is 9.97 Å². The molecule has 2 bridgehead atoms. The minimum atomic E-state index is -0.609. The van der Waals surface area contributed by atoms with Gasteiger partial charge in [-0.25, -0.2) is 9.78 Å². The van der Waals surface area contributed by atoms with E-state index in [4.69, 9.17) is 17.3 Å². The molecule has 0 saturated carbocycles. The van der Waals surface area contributed by atoms with Crippen molar-refractivity contribution in [1.29, 1.82) is 0 Å². The SMILES string of the molecule is COC(=O)Nc1ccc2c(c1)NC(=O)CCC=CCC(N)c1nc-2c(Cl)[nH]1. The van der Waals surface area contributed by atoms with Crippen LogP contribution < -0.4 is 16.4 Å². The topological polar surface area (TPSA) is 122 Å². The summed E-state index contributed by atoms with van der Waals surface area (Å²) in [4.78, 5) is 31.3. The van der Waals surface area contributed by atoms with Gasteiger partial charge in [0.1, 0.15) is 16.7 Å². The number of carbonyl (C=O) groups is 2. The Labute approximate surface area is 161 Å². The molecule has 3 rings (SSSR count). The number of imidazole rings is 1. The van der Waals surface area contributed by atoms with Crippen molar-refractivity contribution in [3.05, 3.63) is 41.3 Å². The normalized spacial score (nSPS) is 17.0. The summed E-state index contributed by atoms with van der Waals surface area (Å²) in [6.07, 6.45) is 4.73. The van der Waals surface area contributed by atoms with Gasteiger partial charge in [0.25, 0.3) is 0 Å². The van der Waals surface area contributed by atoms with Crippen LogP contribution in [0.15, 0.2) is 30.4 Å². The summed E-state index contributed by atoms with van der Waals surface area (Å²) in [5.41, 5.74) is 8.20. The quantitative estimate of drug-likeness (QED) is 0.555. The number of methoxy groups -OCH3 is 1. The van der Waals surface area contributed by atoms with Gasteiger partial charge in [-0.15, -0.1) is 0 Å². The first-order chi connectivity index (χ1) is 13.0. The van der Waals surface area contributed by atoms with Crippen LogP contribution in [-0.4, -0.2) is 29.1 Å². The van der Waals surface area contributed by atoms with Crippen LogP contribution in [0.1, 0.15) is 31.1 Å². The Kier molecular flexibility index (Phi) is 5.78. The minimum absolute atomic E-state index is 0.161. The number of carbonyl (C=O) groups excluding carboxylic acids is 2. The number of hydrogen-bond donors (Lipinski definition) is 4. The Hall–Kier alpha value is -2.84. The fraction of sp³-hybridized carbons (Fsp3) is 0.278. The molecule has 5 N–H and O–H groups in total. The number of nitrogens with one attached hydrogen (secondary N) is 3. The molecular formula is C18H20ClN5O3. The number of allylic oxidation sites excluding steroid dienone is 1. The largest absolute Gasteiger partial charge is 0.453 e. The molecule has 27 heavy (non-hydrogen) atoms. The van der Waals surface area contributed by atoms with E-state index in [1.54, 1.807) is 18.2 Å². The van der Waals surface area contributed by atoms with E-state index in [1.807, 2.05) is 12.2 Å². The van der Waals surface area contributed by atoms with Crippen LogP contribution in [-0.2, 0) is 9.53 Å². The molecule has 0 fully saturated rings. The summed E-state index contributed by atoms with van der Waals surface area (Å²) in [6.45, 7) is 0. The highest BCUT2D eigenvalue weighted by atomic mass is 35.5. The molecule has 1 aromatic heterocycles. The monoisotopic (exact) mass is 389 g/mol. The molecule has 2 heterocycles. The van der Waals surface area contributed by atoms with E-state index in [2.05, 4.69) is 25.3 Å². The van der Waals surface area contributed by atoms with Crippen LogP contribution in [0, 0.1) is 0 Å². The lowest BCUT2D eigenvalue weighted by atomic mass is 10.1. The van der Waals surface area contributed by atoms with Gasteiger partial charge in [0.15, 0.2) is 0 Å². The van der Waals surface area contributed by atoms with E-state index in [9.17, 15) is 9.59 Å². The van der Waals surface area contributed by atoms with Crippen LogP contribution in [0.4, 0.5) is 16.2 Å². The lowest BCUT2D eigenvalue weighted by Crippen LogP contribution is -2.14. The van der Waals surface area contributed by atoms with Crippen molar-refractivity contribution in [2.75, 3.05) is 17.7 Å². The molecular weight excluding hydrogens is 370 g/mol. The summed E-state index contributed by atoms with van der Waals surface area (Å²) in [5, 5.41) is 5.75. The molecule has 1 unspecified atom stereocenters. The number of anilines is 2. The average Bonchev–Trinajstić information content (AvgIpc) is 3.02. The first kappa shape index (κ1) is 18.9. The molecule has 1 aromatic carbocycles. The molecule has 1 atom stereocenters. The first-order valence-corrected chi connectivity index (χ1v) is 8.81. The lowest BCUT2D eigenvalue weighted by molar-refractivity contribution is -0.116. The van der Waals surface area contributed by atoms with Gasteiger partial charge >= 0.3 is 6.09 Å². The van der Waals surface area contributed by atoms with Crippen molar-refractivity contribution in [3.8, 4) is 11.3 Å². The van der Waals surface area contributed by atoms with Crippen LogP contribution in [0.2, 0.25) is 5.15 Å².